The van der Waals surface area contributed by atoms with E-state index in [4.69, 9.17) is 0 Å². The van der Waals surface area contributed by atoms with Crippen molar-refractivity contribution in [3.05, 3.63) is 33.9 Å². The maximum atomic E-state index is 11.4. The molecule has 1 aromatic rings. The molecule has 0 radical (unpaired) electrons. The van der Waals surface area contributed by atoms with Gasteiger partial charge in [-0.2, -0.15) is 0 Å². The van der Waals surface area contributed by atoms with Crippen LogP contribution in [0.4, 0.5) is 0 Å². The molecule has 0 amide bonds. The van der Waals surface area contributed by atoms with E-state index >= 15 is 0 Å². The second kappa shape index (κ2) is 6.47. The molecule has 1 aromatic carbocycles. The quantitative estimate of drug-likeness (QED) is 0.268. The van der Waals surface area contributed by atoms with Crippen molar-refractivity contribution in [2.75, 3.05) is 14.2 Å². The Balaban J connectivity index is 2.79. The third kappa shape index (κ3) is 3.48. The summed E-state index contributed by atoms with van der Waals surface area (Å²) < 4.78 is 9.41. The number of hydrogen-bond acceptors (Lipinski definition) is 4. The van der Waals surface area contributed by atoms with Crippen LogP contribution in [-0.2, 0) is 19.1 Å². The van der Waals surface area contributed by atoms with Crippen molar-refractivity contribution in [3.63, 3.8) is 0 Å². The van der Waals surface area contributed by atoms with Crippen molar-refractivity contribution < 1.29 is 40.3 Å². The van der Waals surface area contributed by atoms with Crippen LogP contribution < -0.4 is 21.2 Å². The van der Waals surface area contributed by atoms with Crippen molar-refractivity contribution in [2.24, 2.45) is 0 Å². The van der Waals surface area contributed by atoms with Crippen LogP contribution in [0.3, 0.4) is 0 Å². The number of esters is 2. The molecule has 4 nitrogen and oxygen atoms in total. The van der Waals surface area contributed by atoms with Gasteiger partial charge in [0.2, 0.25) is 0 Å². The SMILES string of the molecule is COC(=O)C([I-]c1ccccc1)C(=O)OC. The van der Waals surface area contributed by atoms with Gasteiger partial charge < -0.3 is 0 Å². The molecule has 0 heterocycles. The molecule has 0 unspecified atom stereocenters. The van der Waals surface area contributed by atoms with E-state index in [9.17, 15) is 9.59 Å². The topological polar surface area (TPSA) is 52.6 Å². The van der Waals surface area contributed by atoms with Crippen LogP contribution in [-0.4, -0.2) is 30.1 Å². The first-order valence-corrected chi connectivity index (χ1v) is 6.85. The molecule has 0 N–H and O–H groups in total. The second-order valence-corrected chi connectivity index (χ2v) is 5.93. The molecular weight excluding hydrogens is 323 g/mol. The van der Waals surface area contributed by atoms with E-state index in [1.54, 1.807) is 0 Å². The van der Waals surface area contributed by atoms with Gasteiger partial charge in [0.1, 0.15) is 0 Å². The molecule has 0 fully saturated rings. The van der Waals surface area contributed by atoms with Crippen molar-refractivity contribution in [3.8, 4) is 0 Å². The minimum absolute atomic E-state index is 0.525. The molecule has 0 saturated carbocycles. The molecule has 0 spiro atoms. The van der Waals surface area contributed by atoms with Crippen LogP contribution in [0.1, 0.15) is 0 Å². The number of halogens is 1. The van der Waals surface area contributed by atoms with E-state index in [1.807, 2.05) is 30.3 Å². The van der Waals surface area contributed by atoms with Gasteiger partial charge in [-0.15, -0.1) is 0 Å². The van der Waals surface area contributed by atoms with Gasteiger partial charge in [-0.1, -0.05) is 0 Å². The van der Waals surface area contributed by atoms with Gasteiger partial charge in [0.15, 0.2) is 0 Å². The first-order valence-electron chi connectivity index (χ1n) is 4.53. The van der Waals surface area contributed by atoms with Crippen LogP contribution >= 0.6 is 0 Å². The Morgan fingerprint density at radius 2 is 1.56 bits per heavy atom. The molecule has 1 rings (SSSR count). The molecule has 0 atom stereocenters. The van der Waals surface area contributed by atoms with Gasteiger partial charge in [0, 0.05) is 0 Å². The molecule has 0 aliphatic carbocycles. The third-order valence-electron chi connectivity index (χ3n) is 1.78. The van der Waals surface area contributed by atoms with E-state index in [-0.39, 0.29) is 0 Å². The van der Waals surface area contributed by atoms with Gasteiger partial charge in [0.25, 0.3) is 0 Å². The average Bonchev–Trinajstić information content (AvgIpc) is 2.35. The molecular formula is C11H12IO4-. The monoisotopic (exact) mass is 335 g/mol. The molecule has 5 heteroatoms. The summed E-state index contributed by atoms with van der Waals surface area (Å²) in [7, 11) is 2.54. The number of hydrogen-bond donors (Lipinski definition) is 0. The Bertz CT molecular complexity index is 348. The molecule has 0 saturated heterocycles. The number of carbonyl (C=O) groups excluding carboxylic acids is 2. The van der Waals surface area contributed by atoms with Gasteiger partial charge in [0.05, 0.1) is 0 Å². The summed E-state index contributed by atoms with van der Waals surface area (Å²) in [5.74, 6) is -1.05. The van der Waals surface area contributed by atoms with Crippen molar-refractivity contribution in [1.82, 2.24) is 0 Å². The molecule has 0 bridgehead atoms. The Kier molecular flexibility index (Phi) is 5.24. The van der Waals surface area contributed by atoms with E-state index in [0.717, 1.165) is 3.57 Å². The van der Waals surface area contributed by atoms with Crippen LogP contribution in [0, 0.1) is 3.57 Å². The van der Waals surface area contributed by atoms with Gasteiger partial charge >= 0.3 is 104 Å². The summed E-state index contributed by atoms with van der Waals surface area (Å²) in [6, 6.07) is 9.43. The van der Waals surface area contributed by atoms with Crippen molar-refractivity contribution in [2.45, 2.75) is 3.92 Å². The Morgan fingerprint density at radius 3 is 2.00 bits per heavy atom. The van der Waals surface area contributed by atoms with Crippen LogP contribution in [0.2, 0.25) is 0 Å². The van der Waals surface area contributed by atoms with E-state index in [2.05, 4.69) is 9.47 Å². The zero-order valence-corrected chi connectivity index (χ0v) is 11.1. The summed E-state index contributed by atoms with van der Waals surface area (Å²) in [4.78, 5) is 22.8. The number of alkyl halides is 1. The number of ether oxygens (including phenoxy) is 2. The van der Waals surface area contributed by atoms with E-state index in [1.165, 1.54) is 14.2 Å². The molecule has 0 aliphatic heterocycles. The number of benzene rings is 1. The van der Waals surface area contributed by atoms with Gasteiger partial charge in [-0.3, -0.25) is 0 Å². The Hall–Kier alpha value is -1.11. The van der Waals surface area contributed by atoms with Gasteiger partial charge in [-0.25, -0.2) is 0 Å². The number of rotatable bonds is 4. The summed E-state index contributed by atoms with van der Waals surface area (Å²) in [5.41, 5.74) is 0. The molecule has 0 aliphatic rings. The minimum atomic E-state index is -0.782. The Labute approximate surface area is 104 Å². The zero-order chi connectivity index (χ0) is 12.0. The summed E-state index contributed by atoms with van der Waals surface area (Å²) in [5, 5.41) is 0. The predicted octanol–water partition coefficient (Wildman–Crippen LogP) is -2.34. The van der Waals surface area contributed by atoms with Crippen LogP contribution in [0.25, 0.3) is 0 Å². The van der Waals surface area contributed by atoms with E-state index in [0.29, 0.717) is 0 Å². The number of carbonyl (C=O) groups is 2. The molecule has 0 aromatic heterocycles. The zero-order valence-electron chi connectivity index (χ0n) is 8.98. The normalized spacial score (nSPS) is 10.2. The maximum absolute atomic E-state index is 11.4. The average molecular weight is 335 g/mol. The van der Waals surface area contributed by atoms with Crippen molar-refractivity contribution >= 4 is 11.9 Å². The fourth-order valence-electron chi connectivity index (χ4n) is 1.01. The summed E-state index contributed by atoms with van der Waals surface area (Å²) in [6.45, 7) is 0. The van der Waals surface area contributed by atoms with Gasteiger partial charge in [-0.05, 0) is 0 Å². The first-order chi connectivity index (χ1) is 7.69. The Morgan fingerprint density at radius 1 is 1.06 bits per heavy atom. The van der Waals surface area contributed by atoms with Crippen molar-refractivity contribution in [1.29, 1.82) is 0 Å². The van der Waals surface area contributed by atoms with Crippen LogP contribution in [0.15, 0.2) is 30.3 Å². The fraction of sp³-hybridized carbons (Fsp3) is 0.273. The van der Waals surface area contributed by atoms with Crippen LogP contribution in [0.5, 0.6) is 0 Å². The second-order valence-electron chi connectivity index (χ2n) is 2.81. The third-order valence-corrected chi connectivity index (χ3v) is 4.86. The predicted molar refractivity (Wildman–Crippen MR) is 53.0 cm³/mol. The molecule has 88 valence electrons. The first kappa shape index (κ1) is 13.0. The van der Waals surface area contributed by atoms with E-state index < -0.39 is 37.1 Å². The standard InChI is InChI=1S/C11H12IO4/c1-15-10(13)9(11(14)16-2)12-8-6-4-3-5-7-8/h3-7,9H,1-2H3/q-1. The summed E-state index contributed by atoms with van der Waals surface area (Å²) >= 11 is -0.782. The fourth-order valence-corrected chi connectivity index (χ4v) is 3.57. The summed E-state index contributed by atoms with van der Waals surface area (Å²) in [6.07, 6.45) is 0. The molecule has 16 heavy (non-hydrogen) atoms. The number of methoxy groups -OCH3 is 2.